The second kappa shape index (κ2) is 7.27. The second-order valence-corrected chi connectivity index (χ2v) is 7.84. The molecule has 0 aliphatic carbocycles. The number of fused-ring (bicyclic) bond motifs is 2. The standard InChI is InChI=1S/C19H22ClNOS/c1-21(2)11-5-7-15-14-6-3-4-8-17(14)23-18-10-9-13(20)12-16(18)19(15)22/h3-4,6,8-10,12,15,19,22H,5,7,11H2,1-2H3/t15-,19+/m1/s1. The van der Waals surface area contributed by atoms with Gasteiger partial charge < -0.3 is 10.0 Å². The molecule has 2 nitrogen and oxygen atoms in total. The highest BCUT2D eigenvalue weighted by atomic mass is 35.5. The summed E-state index contributed by atoms with van der Waals surface area (Å²) in [7, 11) is 4.17. The van der Waals surface area contributed by atoms with Gasteiger partial charge in [-0.05, 0) is 68.9 Å². The van der Waals surface area contributed by atoms with Crippen LogP contribution in [0, 0.1) is 0 Å². The zero-order valence-corrected chi connectivity index (χ0v) is 15.1. The van der Waals surface area contributed by atoms with Gasteiger partial charge in [0.2, 0.25) is 0 Å². The first kappa shape index (κ1) is 16.8. The maximum atomic E-state index is 11.1. The smallest absolute Gasteiger partial charge is 0.0870 e. The number of rotatable bonds is 4. The molecule has 3 rings (SSSR count). The second-order valence-electron chi connectivity index (χ2n) is 6.32. The van der Waals surface area contributed by atoms with E-state index in [-0.39, 0.29) is 5.92 Å². The minimum Gasteiger partial charge on any atom is -0.388 e. The molecule has 1 aliphatic heterocycles. The Hall–Kier alpha value is -1.00. The Labute approximate surface area is 147 Å². The largest absolute Gasteiger partial charge is 0.388 e. The van der Waals surface area contributed by atoms with Crippen molar-refractivity contribution in [1.82, 2.24) is 4.90 Å². The molecule has 1 aliphatic rings. The third-order valence-electron chi connectivity index (χ3n) is 4.33. The summed E-state index contributed by atoms with van der Waals surface area (Å²) in [5.74, 6) is 0.110. The van der Waals surface area contributed by atoms with Crippen molar-refractivity contribution >= 4 is 23.4 Å². The van der Waals surface area contributed by atoms with E-state index in [4.69, 9.17) is 11.6 Å². The summed E-state index contributed by atoms with van der Waals surface area (Å²) >= 11 is 7.90. The van der Waals surface area contributed by atoms with Crippen LogP contribution in [0.1, 0.15) is 36.0 Å². The number of benzene rings is 2. The average Bonchev–Trinajstić information content (AvgIpc) is 2.63. The Morgan fingerprint density at radius 3 is 2.61 bits per heavy atom. The normalized spacial score (nSPS) is 20.0. The molecule has 0 amide bonds. The lowest BCUT2D eigenvalue weighted by atomic mass is 9.85. The molecular formula is C19H22ClNOS. The fraction of sp³-hybridized carbons (Fsp3) is 0.368. The monoisotopic (exact) mass is 347 g/mol. The lowest BCUT2D eigenvalue weighted by Crippen LogP contribution is -2.16. The highest BCUT2D eigenvalue weighted by Crippen LogP contribution is 2.48. The SMILES string of the molecule is CN(C)CCC[C@@H]1c2ccccc2Sc2ccc(Cl)cc2[C@H]1O. The van der Waals surface area contributed by atoms with Crippen LogP contribution in [0.5, 0.6) is 0 Å². The fourth-order valence-electron chi connectivity index (χ4n) is 3.17. The first-order valence-corrected chi connectivity index (χ1v) is 9.14. The summed E-state index contributed by atoms with van der Waals surface area (Å²) < 4.78 is 0. The predicted molar refractivity (Wildman–Crippen MR) is 97.5 cm³/mol. The number of aliphatic hydroxyl groups is 1. The van der Waals surface area contributed by atoms with Gasteiger partial charge in [-0.2, -0.15) is 0 Å². The zero-order valence-electron chi connectivity index (χ0n) is 13.5. The molecule has 0 aromatic heterocycles. The molecule has 2 atom stereocenters. The maximum Gasteiger partial charge on any atom is 0.0870 e. The van der Waals surface area contributed by atoms with Crippen LogP contribution < -0.4 is 0 Å². The topological polar surface area (TPSA) is 23.5 Å². The molecular weight excluding hydrogens is 326 g/mol. The highest BCUT2D eigenvalue weighted by molar-refractivity contribution is 7.99. The van der Waals surface area contributed by atoms with Crippen LogP contribution in [0.4, 0.5) is 0 Å². The fourth-order valence-corrected chi connectivity index (χ4v) is 4.50. The van der Waals surface area contributed by atoms with Crippen molar-refractivity contribution in [1.29, 1.82) is 0 Å². The van der Waals surface area contributed by atoms with Crippen LogP contribution in [0.2, 0.25) is 5.02 Å². The number of aliphatic hydroxyl groups excluding tert-OH is 1. The van der Waals surface area contributed by atoms with E-state index in [1.54, 1.807) is 11.8 Å². The van der Waals surface area contributed by atoms with Gasteiger partial charge in [0.05, 0.1) is 6.10 Å². The van der Waals surface area contributed by atoms with Crippen molar-refractivity contribution in [2.75, 3.05) is 20.6 Å². The van der Waals surface area contributed by atoms with Crippen molar-refractivity contribution in [2.45, 2.75) is 34.7 Å². The number of hydrogen-bond donors (Lipinski definition) is 1. The summed E-state index contributed by atoms with van der Waals surface area (Å²) in [6.45, 7) is 1.03. The summed E-state index contributed by atoms with van der Waals surface area (Å²) in [6, 6.07) is 14.3. The molecule has 2 aromatic carbocycles. The van der Waals surface area contributed by atoms with E-state index >= 15 is 0 Å². The van der Waals surface area contributed by atoms with E-state index in [9.17, 15) is 5.11 Å². The quantitative estimate of drug-likeness (QED) is 0.845. The highest BCUT2D eigenvalue weighted by Gasteiger charge is 2.30. The summed E-state index contributed by atoms with van der Waals surface area (Å²) in [4.78, 5) is 4.53. The first-order valence-electron chi connectivity index (χ1n) is 7.95. The van der Waals surface area contributed by atoms with Crippen molar-refractivity contribution in [3.63, 3.8) is 0 Å². The molecule has 0 fully saturated rings. The molecule has 2 aromatic rings. The summed E-state index contributed by atoms with van der Waals surface area (Å²) in [6.07, 6.45) is 1.51. The first-order chi connectivity index (χ1) is 11.1. The molecule has 0 bridgehead atoms. The Morgan fingerprint density at radius 2 is 1.83 bits per heavy atom. The molecule has 0 radical (unpaired) electrons. The van der Waals surface area contributed by atoms with E-state index in [1.807, 2.05) is 18.2 Å². The molecule has 0 saturated carbocycles. The molecule has 4 heteroatoms. The lowest BCUT2D eigenvalue weighted by molar-refractivity contribution is 0.135. The Balaban J connectivity index is 1.98. The van der Waals surface area contributed by atoms with Crippen molar-refractivity contribution in [3.05, 3.63) is 58.6 Å². The number of hydrogen-bond acceptors (Lipinski definition) is 3. The molecule has 1 heterocycles. The molecule has 1 N–H and O–H groups in total. The Morgan fingerprint density at radius 1 is 1.09 bits per heavy atom. The van der Waals surface area contributed by atoms with Crippen molar-refractivity contribution < 1.29 is 5.11 Å². The molecule has 0 spiro atoms. The van der Waals surface area contributed by atoms with E-state index in [2.05, 4.69) is 43.3 Å². The van der Waals surface area contributed by atoms with E-state index < -0.39 is 6.10 Å². The van der Waals surface area contributed by atoms with Gasteiger partial charge in [0.1, 0.15) is 0 Å². The van der Waals surface area contributed by atoms with Gasteiger partial charge in [-0.3, -0.25) is 0 Å². The predicted octanol–water partition coefficient (Wildman–Crippen LogP) is 4.96. The van der Waals surface area contributed by atoms with E-state index in [0.29, 0.717) is 5.02 Å². The minimum absolute atomic E-state index is 0.110. The van der Waals surface area contributed by atoms with Crippen LogP contribution in [0.3, 0.4) is 0 Å². The van der Waals surface area contributed by atoms with Crippen LogP contribution in [0.25, 0.3) is 0 Å². The van der Waals surface area contributed by atoms with Gasteiger partial charge in [0.25, 0.3) is 0 Å². The third kappa shape index (κ3) is 3.74. The van der Waals surface area contributed by atoms with Crippen LogP contribution >= 0.6 is 23.4 Å². The van der Waals surface area contributed by atoms with Gasteiger partial charge >= 0.3 is 0 Å². The number of halogens is 1. The van der Waals surface area contributed by atoms with Gasteiger partial charge in [-0.15, -0.1) is 0 Å². The molecule has 122 valence electrons. The number of nitrogens with zero attached hydrogens (tertiary/aromatic N) is 1. The van der Waals surface area contributed by atoms with Gasteiger partial charge in [0, 0.05) is 20.7 Å². The van der Waals surface area contributed by atoms with Crippen molar-refractivity contribution in [3.8, 4) is 0 Å². The Kier molecular flexibility index (Phi) is 5.32. The molecule has 0 unspecified atom stereocenters. The maximum absolute atomic E-state index is 11.1. The summed E-state index contributed by atoms with van der Waals surface area (Å²) in [5.41, 5.74) is 2.20. The van der Waals surface area contributed by atoms with E-state index in [0.717, 1.165) is 29.8 Å². The van der Waals surface area contributed by atoms with Crippen LogP contribution in [-0.2, 0) is 0 Å². The zero-order chi connectivity index (χ0) is 16.4. The van der Waals surface area contributed by atoms with Crippen LogP contribution in [0.15, 0.2) is 52.3 Å². The Bertz CT molecular complexity index is 689. The van der Waals surface area contributed by atoms with E-state index in [1.165, 1.54) is 10.5 Å². The van der Waals surface area contributed by atoms with Gasteiger partial charge in [-0.1, -0.05) is 41.6 Å². The van der Waals surface area contributed by atoms with Gasteiger partial charge in [0.15, 0.2) is 0 Å². The molecule has 0 saturated heterocycles. The summed E-state index contributed by atoms with van der Waals surface area (Å²) in [5, 5.41) is 11.7. The van der Waals surface area contributed by atoms with Crippen molar-refractivity contribution in [2.24, 2.45) is 0 Å². The van der Waals surface area contributed by atoms with Crippen LogP contribution in [-0.4, -0.2) is 30.6 Å². The molecule has 23 heavy (non-hydrogen) atoms. The minimum atomic E-state index is -0.512. The average molecular weight is 348 g/mol. The van der Waals surface area contributed by atoms with Gasteiger partial charge in [-0.25, -0.2) is 0 Å². The third-order valence-corrected chi connectivity index (χ3v) is 5.75. The lowest BCUT2D eigenvalue weighted by Gasteiger charge is -2.24.